The molecule has 0 aliphatic rings. The molecule has 0 aromatic rings. The van der Waals surface area contributed by atoms with Gasteiger partial charge in [0.25, 0.3) is 0 Å². The lowest BCUT2D eigenvalue weighted by Gasteiger charge is -2.18. The minimum Gasteiger partial charge on any atom is -0.462 e. The fourth-order valence-electron chi connectivity index (χ4n) is 6.91. The van der Waals surface area contributed by atoms with Gasteiger partial charge in [0.1, 0.15) is 13.2 Å². The minimum atomic E-state index is -0.797. The molecular formula is C57H96O6. The lowest BCUT2D eigenvalue weighted by atomic mass is 10.1. The van der Waals surface area contributed by atoms with Crippen molar-refractivity contribution in [2.75, 3.05) is 13.2 Å². The number of ether oxygens (including phenoxy) is 3. The van der Waals surface area contributed by atoms with Crippen LogP contribution in [0.5, 0.6) is 0 Å². The zero-order chi connectivity index (χ0) is 45.8. The molecule has 6 heteroatoms. The van der Waals surface area contributed by atoms with Crippen molar-refractivity contribution < 1.29 is 28.6 Å². The molecule has 0 aromatic carbocycles. The number of hydrogen-bond donors (Lipinski definition) is 0. The quantitative estimate of drug-likeness (QED) is 0.0262. The number of esters is 3. The second-order valence-electron chi connectivity index (χ2n) is 17.0. The van der Waals surface area contributed by atoms with E-state index in [0.29, 0.717) is 19.3 Å². The summed E-state index contributed by atoms with van der Waals surface area (Å²) in [5.41, 5.74) is 0. The highest BCUT2D eigenvalue weighted by atomic mass is 16.6. The second kappa shape index (κ2) is 51.2. The Hall–Kier alpha value is -3.41. The fraction of sp³-hybridized carbons (Fsp3) is 0.702. The van der Waals surface area contributed by atoms with E-state index in [0.717, 1.165) is 148 Å². The van der Waals surface area contributed by atoms with Crippen LogP contribution in [-0.4, -0.2) is 37.2 Å². The Labute approximate surface area is 388 Å². The molecule has 0 amide bonds. The van der Waals surface area contributed by atoms with Gasteiger partial charge in [0.05, 0.1) is 0 Å². The summed E-state index contributed by atoms with van der Waals surface area (Å²) in [7, 11) is 0. The van der Waals surface area contributed by atoms with Crippen molar-refractivity contribution >= 4 is 17.9 Å². The van der Waals surface area contributed by atoms with Crippen LogP contribution in [0.25, 0.3) is 0 Å². The largest absolute Gasteiger partial charge is 0.462 e. The Bertz CT molecular complexity index is 1240. The molecule has 0 aliphatic carbocycles. The van der Waals surface area contributed by atoms with Crippen LogP contribution >= 0.6 is 0 Å². The summed E-state index contributed by atoms with van der Waals surface area (Å²) >= 11 is 0. The number of hydrogen-bond acceptors (Lipinski definition) is 6. The molecule has 1 unspecified atom stereocenters. The van der Waals surface area contributed by atoms with E-state index in [1.165, 1.54) is 51.4 Å². The first-order chi connectivity index (χ1) is 31.0. The van der Waals surface area contributed by atoms with Gasteiger partial charge in [-0.25, -0.2) is 0 Å². The van der Waals surface area contributed by atoms with Crippen molar-refractivity contribution in [2.45, 2.75) is 245 Å². The fourth-order valence-corrected chi connectivity index (χ4v) is 6.91. The van der Waals surface area contributed by atoms with Crippen molar-refractivity contribution in [2.24, 2.45) is 0 Å². The maximum Gasteiger partial charge on any atom is 0.306 e. The Kier molecular flexibility index (Phi) is 48.5. The molecular weight excluding hydrogens is 781 g/mol. The van der Waals surface area contributed by atoms with E-state index < -0.39 is 6.10 Å². The van der Waals surface area contributed by atoms with E-state index in [9.17, 15) is 14.4 Å². The van der Waals surface area contributed by atoms with Gasteiger partial charge in [-0.3, -0.25) is 14.4 Å². The highest BCUT2D eigenvalue weighted by Crippen LogP contribution is 2.13. The van der Waals surface area contributed by atoms with Crippen LogP contribution < -0.4 is 0 Å². The third kappa shape index (κ3) is 49.5. The Balaban J connectivity index is 4.47. The third-order valence-electron chi connectivity index (χ3n) is 10.9. The molecule has 0 radical (unpaired) electrons. The van der Waals surface area contributed by atoms with Gasteiger partial charge in [-0.1, -0.05) is 196 Å². The molecule has 0 aliphatic heterocycles. The standard InChI is InChI=1S/C57H96O6/c1-4-7-10-13-16-19-22-25-28-30-32-35-38-41-44-47-50-56(59)62-53-54(52-61-55(58)49-46-43-40-37-34-31-27-24-21-18-15-12-9-6-3)63-57(60)51-48-45-42-39-36-33-29-26-23-20-17-14-11-8-5-2/h8,11,15,17-20,22,24,26-30,54H,4-7,9-10,12-14,16,21,23,25,31-53H2,1-3H3/b11-8-,18-15-,20-17-,22-19-,27-24-,29-26-,30-28-. The van der Waals surface area contributed by atoms with Gasteiger partial charge in [-0.2, -0.15) is 0 Å². The molecule has 63 heavy (non-hydrogen) atoms. The van der Waals surface area contributed by atoms with Crippen molar-refractivity contribution in [3.05, 3.63) is 85.1 Å². The van der Waals surface area contributed by atoms with E-state index in [-0.39, 0.29) is 31.1 Å². The maximum absolute atomic E-state index is 12.8. The van der Waals surface area contributed by atoms with E-state index in [4.69, 9.17) is 14.2 Å². The predicted molar refractivity (Wildman–Crippen MR) is 270 cm³/mol. The molecule has 0 aromatic heterocycles. The molecule has 0 saturated heterocycles. The van der Waals surface area contributed by atoms with Crippen LogP contribution in [0.15, 0.2) is 85.1 Å². The number of carbonyl (C=O) groups excluding carboxylic acids is 3. The summed E-state index contributed by atoms with van der Waals surface area (Å²) in [5, 5.41) is 0. The Morgan fingerprint density at radius 1 is 0.333 bits per heavy atom. The first-order valence-electron chi connectivity index (χ1n) is 26.1. The van der Waals surface area contributed by atoms with Gasteiger partial charge in [-0.05, 0) is 109 Å². The summed E-state index contributed by atoms with van der Waals surface area (Å²) in [5.74, 6) is -0.941. The van der Waals surface area contributed by atoms with Crippen LogP contribution in [0.2, 0.25) is 0 Å². The zero-order valence-corrected chi connectivity index (χ0v) is 41.1. The zero-order valence-electron chi connectivity index (χ0n) is 41.1. The SMILES string of the molecule is CC/C=C\C/C=C\C/C=C\CCCCCCCC(=O)OC(COC(=O)CCCCCCC/C=C\C/C=C\CCCC)COC(=O)CCCCCCC/C=C\C/C=C\CCCCCC. The molecule has 0 fully saturated rings. The molecule has 6 nitrogen and oxygen atoms in total. The van der Waals surface area contributed by atoms with Gasteiger partial charge in [-0.15, -0.1) is 0 Å². The Morgan fingerprint density at radius 3 is 1.02 bits per heavy atom. The van der Waals surface area contributed by atoms with Gasteiger partial charge in [0, 0.05) is 19.3 Å². The summed E-state index contributed by atoms with van der Waals surface area (Å²) < 4.78 is 16.8. The van der Waals surface area contributed by atoms with Crippen LogP contribution in [-0.2, 0) is 28.6 Å². The summed E-state index contributed by atoms with van der Waals surface area (Å²) in [6, 6.07) is 0. The summed E-state index contributed by atoms with van der Waals surface area (Å²) in [6.45, 7) is 6.43. The number of allylic oxidation sites excluding steroid dienone is 14. The van der Waals surface area contributed by atoms with Crippen molar-refractivity contribution in [3.63, 3.8) is 0 Å². The van der Waals surface area contributed by atoms with Crippen molar-refractivity contribution in [3.8, 4) is 0 Å². The number of carbonyl (C=O) groups is 3. The molecule has 0 rings (SSSR count). The van der Waals surface area contributed by atoms with E-state index in [2.05, 4.69) is 106 Å². The highest BCUT2D eigenvalue weighted by Gasteiger charge is 2.19. The van der Waals surface area contributed by atoms with Crippen LogP contribution in [0.4, 0.5) is 0 Å². The summed E-state index contributed by atoms with van der Waals surface area (Å²) in [6.07, 6.45) is 65.6. The maximum atomic E-state index is 12.8. The molecule has 1 atom stereocenters. The molecule has 360 valence electrons. The normalized spacial score (nSPS) is 12.7. The summed E-state index contributed by atoms with van der Waals surface area (Å²) in [4.78, 5) is 38.0. The van der Waals surface area contributed by atoms with Gasteiger partial charge < -0.3 is 14.2 Å². The topological polar surface area (TPSA) is 78.9 Å². The van der Waals surface area contributed by atoms with Crippen LogP contribution in [0.3, 0.4) is 0 Å². The van der Waals surface area contributed by atoms with Crippen LogP contribution in [0, 0.1) is 0 Å². The van der Waals surface area contributed by atoms with E-state index in [1.54, 1.807) is 0 Å². The lowest BCUT2D eigenvalue weighted by molar-refractivity contribution is -0.167. The van der Waals surface area contributed by atoms with Crippen molar-refractivity contribution in [1.82, 2.24) is 0 Å². The van der Waals surface area contributed by atoms with Gasteiger partial charge in [0.15, 0.2) is 6.10 Å². The van der Waals surface area contributed by atoms with E-state index in [1.807, 2.05) is 0 Å². The molecule has 0 heterocycles. The first kappa shape index (κ1) is 59.6. The van der Waals surface area contributed by atoms with Crippen molar-refractivity contribution in [1.29, 1.82) is 0 Å². The molecule has 0 spiro atoms. The first-order valence-corrected chi connectivity index (χ1v) is 26.1. The average molecular weight is 877 g/mol. The second-order valence-corrected chi connectivity index (χ2v) is 17.0. The third-order valence-corrected chi connectivity index (χ3v) is 10.9. The van der Waals surface area contributed by atoms with Gasteiger partial charge in [0.2, 0.25) is 0 Å². The molecule has 0 N–H and O–H groups in total. The highest BCUT2D eigenvalue weighted by molar-refractivity contribution is 5.71. The smallest absolute Gasteiger partial charge is 0.306 e. The number of rotatable bonds is 46. The monoisotopic (exact) mass is 877 g/mol. The molecule has 0 saturated carbocycles. The number of unbranched alkanes of at least 4 members (excludes halogenated alkanes) is 21. The minimum absolute atomic E-state index is 0.0962. The predicted octanol–water partition coefficient (Wildman–Crippen LogP) is 17.2. The van der Waals surface area contributed by atoms with Gasteiger partial charge >= 0.3 is 17.9 Å². The molecule has 0 bridgehead atoms. The van der Waals surface area contributed by atoms with E-state index >= 15 is 0 Å². The average Bonchev–Trinajstić information content (AvgIpc) is 3.28. The lowest BCUT2D eigenvalue weighted by Crippen LogP contribution is -2.30. The van der Waals surface area contributed by atoms with Crippen LogP contribution in [0.1, 0.15) is 239 Å². The Morgan fingerprint density at radius 2 is 0.635 bits per heavy atom.